The Bertz CT molecular complexity index is 371. The van der Waals surface area contributed by atoms with Crippen LogP contribution >= 0.6 is 0 Å². The van der Waals surface area contributed by atoms with Crippen molar-refractivity contribution < 1.29 is 9.47 Å². The third-order valence-corrected chi connectivity index (χ3v) is 3.12. The lowest BCUT2D eigenvalue weighted by atomic mass is 10.3. The molecule has 2 rings (SSSR count). The van der Waals surface area contributed by atoms with Gasteiger partial charge in [-0.25, -0.2) is 0 Å². The zero-order chi connectivity index (χ0) is 12.8. The maximum absolute atomic E-state index is 5.83. The fourth-order valence-electron chi connectivity index (χ4n) is 2.18. The summed E-state index contributed by atoms with van der Waals surface area (Å²) in [6, 6.07) is 7.62. The highest BCUT2D eigenvalue weighted by Gasteiger charge is 2.14. The summed E-state index contributed by atoms with van der Waals surface area (Å²) in [6.07, 6.45) is 1.41. The topological polar surface area (TPSA) is 47.7 Å². The predicted molar refractivity (Wildman–Crippen MR) is 72.8 cm³/mol. The van der Waals surface area contributed by atoms with Gasteiger partial charge in [0.2, 0.25) is 0 Å². The van der Waals surface area contributed by atoms with Crippen molar-refractivity contribution in [3.63, 3.8) is 0 Å². The van der Waals surface area contributed by atoms with Crippen LogP contribution in [-0.4, -0.2) is 43.9 Å². The van der Waals surface area contributed by atoms with Crippen molar-refractivity contribution in [3.8, 4) is 5.75 Å². The van der Waals surface area contributed by atoms with Crippen LogP contribution in [0.5, 0.6) is 5.75 Å². The molecule has 0 spiro atoms. The van der Waals surface area contributed by atoms with Crippen LogP contribution in [0.2, 0.25) is 0 Å². The van der Waals surface area contributed by atoms with Gasteiger partial charge in [-0.2, -0.15) is 0 Å². The van der Waals surface area contributed by atoms with Crippen LogP contribution in [0.15, 0.2) is 24.3 Å². The summed E-state index contributed by atoms with van der Waals surface area (Å²) in [4.78, 5) is 2.39. The average molecular weight is 250 g/mol. The summed E-state index contributed by atoms with van der Waals surface area (Å²) in [7, 11) is 0. The molecule has 0 amide bonds. The largest absolute Gasteiger partial charge is 0.490 e. The molecular weight excluding hydrogens is 228 g/mol. The summed E-state index contributed by atoms with van der Waals surface area (Å²) < 4.78 is 11.3. The normalized spacial score (nSPS) is 21.5. The number of ether oxygens (including phenoxy) is 2. The van der Waals surface area contributed by atoms with E-state index in [4.69, 9.17) is 15.2 Å². The van der Waals surface area contributed by atoms with Crippen molar-refractivity contribution in [3.05, 3.63) is 24.3 Å². The number of para-hydroxylation sites is 2. The van der Waals surface area contributed by atoms with Crippen molar-refractivity contribution in [2.45, 2.75) is 19.4 Å². The number of anilines is 1. The minimum Gasteiger partial charge on any atom is -0.490 e. The summed E-state index contributed by atoms with van der Waals surface area (Å²) in [5.41, 5.74) is 6.53. The van der Waals surface area contributed by atoms with Gasteiger partial charge < -0.3 is 15.2 Å². The summed E-state index contributed by atoms with van der Waals surface area (Å²) in [6.45, 7) is 6.63. The number of benzene rings is 1. The Kier molecular flexibility index (Phi) is 4.84. The number of nitrogens with zero attached hydrogens (tertiary/aromatic N) is 1. The van der Waals surface area contributed by atoms with Gasteiger partial charge in [0.05, 0.1) is 11.8 Å². The van der Waals surface area contributed by atoms with Crippen molar-refractivity contribution >= 4 is 5.69 Å². The van der Waals surface area contributed by atoms with Crippen molar-refractivity contribution in [2.24, 2.45) is 0 Å². The van der Waals surface area contributed by atoms with Gasteiger partial charge in [0, 0.05) is 26.2 Å². The van der Waals surface area contributed by atoms with Gasteiger partial charge in [0.1, 0.15) is 12.4 Å². The maximum Gasteiger partial charge on any atom is 0.142 e. The predicted octanol–water partition coefficient (Wildman–Crippen LogP) is 1.76. The fourth-order valence-corrected chi connectivity index (χ4v) is 2.18. The van der Waals surface area contributed by atoms with E-state index in [0.29, 0.717) is 18.4 Å². The Morgan fingerprint density at radius 1 is 1.44 bits per heavy atom. The molecule has 2 N–H and O–H groups in total. The zero-order valence-electron chi connectivity index (χ0n) is 11.0. The quantitative estimate of drug-likeness (QED) is 0.827. The number of rotatable bonds is 4. The van der Waals surface area contributed by atoms with E-state index in [1.807, 2.05) is 24.3 Å². The van der Waals surface area contributed by atoms with E-state index in [1.54, 1.807) is 0 Å². The van der Waals surface area contributed by atoms with E-state index in [-0.39, 0.29) is 0 Å². The van der Waals surface area contributed by atoms with Gasteiger partial charge in [-0.15, -0.1) is 0 Å². The monoisotopic (exact) mass is 250 g/mol. The van der Waals surface area contributed by atoms with Gasteiger partial charge in [0.25, 0.3) is 0 Å². The van der Waals surface area contributed by atoms with Crippen LogP contribution in [0.3, 0.4) is 0 Å². The molecule has 18 heavy (non-hydrogen) atoms. The SMILES string of the molecule is CC1CN(CCOc2ccccc2N)CCCO1. The van der Waals surface area contributed by atoms with Gasteiger partial charge in [-0.05, 0) is 25.5 Å². The molecule has 0 saturated carbocycles. The molecule has 0 aliphatic carbocycles. The Hall–Kier alpha value is -1.26. The van der Waals surface area contributed by atoms with Crippen LogP contribution in [0.1, 0.15) is 13.3 Å². The van der Waals surface area contributed by atoms with Gasteiger partial charge in [-0.3, -0.25) is 4.90 Å². The molecule has 1 aliphatic rings. The molecule has 0 aromatic heterocycles. The van der Waals surface area contributed by atoms with E-state index in [0.717, 1.165) is 38.4 Å². The summed E-state index contributed by atoms with van der Waals surface area (Å²) in [5.74, 6) is 0.775. The number of nitrogens with two attached hydrogens (primary N) is 1. The highest BCUT2D eigenvalue weighted by atomic mass is 16.5. The first-order valence-electron chi connectivity index (χ1n) is 6.57. The Balaban J connectivity index is 1.76. The van der Waals surface area contributed by atoms with Crippen LogP contribution in [-0.2, 0) is 4.74 Å². The lowest BCUT2D eigenvalue weighted by molar-refractivity contribution is 0.0658. The molecule has 1 heterocycles. The van der Waals surface area contributed by atoms with E-state index >= 15 is 0 Å². The maximum atomic E-state index is 5.83. The molecule has 1 aliphatic heterocycles. The number of hydrogen-bond acceptors (Lipinski definition) is 4. The van der Waals surface area contributed by atoms with E-state index in [9.17, 15) is 0 Å². The van der Waals surface area contributed by atoms with Crippen molar-refractivity contribution in [2.75, 3.05) is 38.6 Å². The number of nitrogen functional groups attached to an aromatic ring is 1. The van der Waals surface area contributed by atoms with Crippen molar-refractivity contribution in [1.29, 1.82) is 0 Å². The molecule has 1 saturated heterocycles. The summed E-state index contributed by atoms with van der Waals surface area (Å²) in [5, 5.41) is 0. The minimum absolute atomic E-state index is 0.314. The molecule has 4 nitrogen and oxygen atoms in total. The molecule has 1 atom stereocenters. The number of hydrogen-bond donors (Lipinski definition) is 1. The van der Waals surface area contributed by atoms with E-state index < -0.39 is 0 Å². The molecule has 1 aromatic carbocycles. The molecular formula is C14H22N2O2. The van der Waals surface area contributed by atoms with Crippen LogP contribution < -0.4 is 10.5 Å². The lowest BCUT2D eigenvalue weighted by Crippen LogP contribution is -2.33. The Morgan fingerprint density at radius 3 is 3.11 bits per heavy atom. The smallest absolute Gasteiger partial charge is 0.142 e. The van der Waals surface area contributed by atoms with Crippen molar-refractivity contribution in [1.82, 2.24) is 4.90 Å². The second-order valence-electron chi connectivity index (χ2n) is 4.72. The molecule has 0 radical (unpaired) electrons. The van der Waals surface area contributed by atoms with E-state index in [2.05, 4.69) is 11.8 Å². The zero-order valence-corrected chi connectivity index (χ0v) is 11.0. The van der Waals surface area contributed by atoms with Gasteiger partial charge in [-0.1, -0.05) is 12.1 Å². The molecule has 100 valence electrons. The second kappa shape index (κ2) is 6.61. The standard InChI is InChI=1S/C14H22N2O2/c1-12-11-16(7-4-9-17-12)8-10-18-14-6-3-2-5-13(14)15/h2-3,5-6,12H,4,7-11,15H2,1H3. The van der Waals surface area contributed by atoms with E-state index in [1.165, 1.54) is 0 Å². The first-order valence-corrected chi connectivity index (χ1v) is 6.57. The second-order valence-corrected chi connectivity index (χ2v) is 4.72. The first-order chi connectivity index (χ1) is 8.75. The highest BCUT2D eigenvalue weighted by Crippen LogP contribution is 2.19. The van der Waals surface area contributed by atoms with Crippen LogP contribution in [0.4, 0.5) is 5.69 Å². The minimum atomic E-state index is 0.314. The first kappa shape index (κ1) is 13.2. The fraction of sp³-hybridized carbons (Fsp3) is 0.571. The lowest BCUT2D eigenvalue weighted by Gasteiger charge is -2.21. The molecule has 1 unspecified atom stereocenters. The average Bonchev–Trinajstić information content (AvgIpc) is 2.56. The van der Waals surface area contributed by atoms with Gasteiger partial charge >= 0.3 is 0 Å². The summed E-state index contributed by atoms with van der Waals surface area (Å²) >= 11 is 0. The third-order valence-electron chi connectivity index (χ3n) is 3.12. The van der Waals surface area contributed by atoms with Crippen LogP contribution in [0.25, 0.3) is 0 Å². The Morgan fingerprint density at radius 2 is 2.28 bits per heavy atom. The highest BCUT2D eigenvalue weighted by molar-refractivity contribution is 5.51. The molecule has 4 heteroatoms. The van der Waals surface area contributed by atoms with Crippen LogP contribution in [0, 0.1) is 0 Å². The third kappa shape index (κ3) is 3.89. The molecule has 1 aromatic rings. The Labute approximate surface area is 109 Å². The molecule has 1 fully saturated rings. The molecule has 0 bridgehead atoms. The van der Waals surface area contributed by atoms with Gasteiger partial charge in [0.15, 0.2) is 0 Å².